The zero-order valence-corrected chi connectivity index (χ0v) is 5.01. The molecule has 1 unspecified atom stereocenters. The zero-order chi connectivity index (χ0) is 5.98. The molecule has 0 aromatic carbocycles. The van der Waals surface area contributed by atoms with Gasteiger partial charge < -0.3 is 5.11 Å². The van der Waals surface area contributed by atoms with Crippen molar-refractivity contribution in [1.82, 2.24) is 0 Å². The summed E-state index contributed by atoms with van der Waals surface area (Å²) < 4.78 is 0. The fourth-order valence-corrected chi connectivity index (χ4v) is 0.874. The van der Waals surface area contributed by atoms with Crippen molar-refractivity contribution in [3.05, 3.63) is 12.7 Å². The molecule has 1 heteroatoms. The van der Waals surface area contributed by atoms with Crippen molar-refractivity contribution in [2.45, 2.75) is 25.4 Å². The monoisotopic (exact) mass is 112 g/mol. The SMILES string of the molecule is C=CCCC1C[C@H]1O. The molecule has 1 rings (SSSR count). The molecule has 1 saturated carbocycles. The van der Waals surface area contributed by atoms with E-state index in [-0.39, 0.29) is 6.10 Å². The molecule has 2 atom stereocenters. The van der Waals surface area contributed by atoms with E-state index in [9.17, 15) is 0 Å². The highest BCUT2D eigenvalue weighted by atomic mass is 16.3. The lowest BCUT2D eigenvalue weighted by atomic mass is 10.2. The summed E-state index contributed by atoms with van der Waals surface area (Å²) >= 11 is 0. The summed E-state index contributed by atoms with van der Waals surface area (Å²) in [6.45, 7) is 3.60. The molecule has 0 amide bonds. The molecule has 1 fully saturated rings. The molecule has 1 nitrogen and oxygen atoms in total. The van der Waals surface area contributed by atoms with Gasteiger partial charge in [-0.2, -0.15) is 0 Å². The average Bonchev–Trinajstić information content (AvgIpc) is 2.42. The smallest absolute Gasteiger partial charge is 0.0573 e. The minimum Gasteiger partial charge on any atom is -0.393 e. The van der Waals surface area contributed by atoms with Crippen LogP contribution in [0.15, 0.2) is 12.7 Å². The number of allylic oxidation sites excluding steroid dienone is 1. The third kappa shape index (κ3) is 1.34. The molecule has 0 aromatic heterocycles. The lowest BCUT2D eigenvalue weighted by molar-refractivity contribution is 0.257. The van der Waals surface area contributed by atoms with Gasteiger partial charge in [0.2, 0.25) is 0 Å². The summed E-state index contributed by atoms with van der Waals surface area (Å²) in [6.07, 6.45) is 5.14. The fraction of sp³-hybridized carbons (Fsp3) is 0.714. The molecule has 0 heterocycles. The van der Waals surface area contributed by atoms with E-state index in [4.69, 9.17) is 5.11 Å². The molecule has 1 N–H and O–H groups in total. The Labute approximate surface area is 50.0 Å². The predicted octanol–water partition coefficient (Wildman–Crippen LogP) is 1.33. The van der Waals surface area contributed by atoms with Crippen molar-refractivity contribution < 1.29 is 5.11 Å². The summed E-state index contributed by atoms with van der Waals surface area (Å²) in [5.41, 5.74) is 0. The van der Waals surface area contributed by atoms with Gasteiger partial charge >= 0.3 is 0 Å². The van der Waals surface area contributed by atoms with E-state index in [2.05, 4.69) is 6.58 Å². The summed E-state index contributed by atoms with van der Waals surface area (Å²) in [5, 5.41) is 8.82. The number of hydrogen-bond acceptors (Lipinski definition) is 1. The van der Waals surface area contributed by atoms with Crippen LogP contribution in [0.4, 0.5) is 0 Å². The molecule has 0 bridgehead atoms. The Morgan fingerprint density at radius 1 is 1.75 bits per heavy atom. The molecular weight excluding hydrogens is 100 g/mol. The van der Waals surface area contributed by atoms with Crippen LogP contribution < -0.4 is 0 Å². The van der Waals surface area contributed by atoms with Gasteiger partial charge in [0, 0.05) is 0 Å². The first-order chi connectivity index (χ1) is 3.84. The highest BCUT2D eigenvalue weighted by Crippen LogP contribution is 2.34. The quantitative estimate of drug-likeness (QED) is 0.546. The van der Waals surface area contributed by atoms with Crippen molar-refractivity contribution in [3.8, 4) is 0 Å². The topological polar surface area (TPSA) is 20.2 Å². The number of aliphatic hydroxyl groups excluding tert-OH is 1. The maximum absolute atomic E-state index is 8.82. The molecule has 0 aromatic rings. The van der Waals surface area contributed by atoms with Gasteiger partial charge in [-0.1, -0.05) is 6.08 Å². The zero-order valence-electron chi connectivity index (χ0n) is 5.01. The first kappa shape index (κ1) is 5.83. The number of hydrogen-bond donors (Lipinski definition) is 1. The fourth-order valence-electron chi connectivity index (χ4n) is 0.874. The maximum atomic E-state index is 8.82. The van der Waals surface area contributed by atoms with Gasteiger partial charge in [0.25, 0.3) is 0 Å². The Hall–Kier alpha value is -0.300. The molecule has 1 aliphatic carbocycles. The standard InChI is InChI=1S/C7H12O/c1-2-3-4-6-5-7(6)8/h2,6-8H,1,3-5H2/t6?,7-/m1/s1. The van der Waals surface area contributed by atoms with Crippen LogP contribution in [-0.2, 0) is 0 Å². The Balaban J connectivity index is 1.97. The highest BCUT2D eigenvalue weighted by molar-refractivity contribution is 4.87. The molecule has 0 radical (unpaired) electrons. The van der Waals surface area contributed by atoms with E-state index in [1.807, 2.05) is 6.08 Å². The summed E-state index contributed by atoms with van der Waals surface area (Å²) in [4.78, 5) is 0. The van der Waals surface area contributed by atoms with E-state index < -0.39 is 0 Å². The largest absolute Gasteiger partial charge is 0.393 e. The van der Waals surface area contributed by atoms with Crippen LogP contribution >= 0.6 is 0 Å². The third-order valence-electron chi connectivity index (χ3n) is 1.63. The third-order valence-corrected chi connectivity index (χ3v) is 1.63. The van der Waals surface area contributed by atoms with Gasteiger partial charge in [-0.15, -0.1) is 6.58 Å². The van der Waals surface area contributed by atoms with E-state index in [1.54, 1.807) is 0 Å². The predicted molar refractivity (Wildman–Crippen MR) is 33.5 cm³/mol. The van der Waals surface area contributed by atoms with Crippen LogP contribution in [0.5, 0.6) is 0 Å². The Bertz CT molecular complexity index is 88.4. The molecule has 8 heavy (non-hydrogen) atoms. The van der Waals surface area contributed by atoms with E-state index in [0.717, 1.165) is 19.3 Å². The van der Waals surface area contributed by atoms with Crippen molar-refractivity contribution in [1.29, 1.82) is 0 Å². The van der Waals surface area contributed by atoms with Crippen LogP contribution in [0, 0.1) is 5.92 Å². The summed E-state index contributed by atoms with van der Waals surface area (Å²) in [5.74, 6) is 0.605. The van der Waals surface area contributed by atoms with Crippen molar-refractivity contribution in [2.75, 3.05) is 0 Å². The van der Waals surface area contributed by atoms with Gasteiger partial charge in [-0.3, -0.25) is 0 Å². The van der Waals surface area contributed by atoms with E-state index in [1.165, 1.54) is 0 Å². The molecule has 1 aliphatic rings. The number of rotatable bonds is 3. The lowest BCUT2D eigenvalue weighted by Gasteiger charge is -1.87. The van der Waals surface area contributed by atoms with Crippen LogP contribution in [0.3, 0.4) is 0 Å². The molecule has 0 saturated heterocycles. The minimum absolute atomic E-state index is 0.0231. The van der Waals surface area contributed by atoms with Crippen LogP contribution in [0.25, 0.3) is 0 Å². The average molecular weight is 112 g/mol. The molecular formula is C7H12O. The van der Waals surface area contributed by atoms with E-state index >= 15 is 0 Å². The minimum atomic E-state index is 0.0231. The normalized spacial score (nSPS) is 34.6. The van der Waals surface area contributed by atoms with Gasteiger partial charge in [-0.05, 0) is 25.2 Å². The van der Waals surface area contributed by atoms with E-state index in [0.29, 0.717) is 5.92 Å². The van der Waals surface area contributed by atoms with Gasteiger partial charge in [0.15, 0.2) is 0 Å². The first-order valence-corrected chi connectivity index (χ1v) is 3.13. The summed E-state index contributed by atoms with van der Waals surface area (Å²) in [7, 11) is 0. The van der Waals surface area contributed by atoms with Crippen LogP contribution in [-0.4, -0.2) is 11.2 Å². The molecule has 0 spiro atoms. The second kappa shape index (κ2) is 2.31. The molecule has 0 aliphatic heterocycles. The van der Waals surface area contributed by atoms with Gasteiger partial charge in [0.1, 0.15) is 0 Å². The second-order valence-electron chi connectivity index (χ2n) is 2.43. The Morgan fingerprint density at radius 3 is 2.75 bits per heavy atom. The van der Waals surface area contributed by atoms with Crippen LogP contribution in [0.2, 0.25) is 0 Å². The molecule has 46 valence electrons. The summed E-state index contributed by atoms with van der Waals surface area (Å²) in [6, 6.07) is 0. The van der Waals surface area contributed by atoms with Crippen molar-refractivity contribution in [3.63, 3.8) is 0 Å². The number of aliphatic hydroxyl groups is 1. The Morgan fingerprint density at radius 2 is 2.38 bits per heavy atom. The van der Waals surface area contributed by atoms with Crippen LogP contribution in [0.1, 0.15) is 19.3 Å². The Kier molecular flexibility index (Phi) is 1.69. The van der Waals surface area contributed by atoms with Gasteiger partial charge in [0.05, 0.1) is 6.10 Å². The van der Waals surface area contributed by atoms with Crippen molar-refractivity contribution in [2.24, 2.45) is 5.92 Å². The second-order valence-corrected chi connectivity index (χ2v) is 2.43. The highest BCUT2D eigenvalue weighted by Gasteiger charge is 2.33. The first-order valence-electron chi connectivity index (χ1n) is 3.13. The lowest BCUT2D eigenvalue weighted by Crippen LogP contribution is -1.83. The van der Waals surface area contributed by atoms with Crippen molar-refractivity contribution >= 4 is 0 Å². The van der Waals surface area contributed by atoms with Gasteiger partial charge in [-0.25, -0.2) is 0 Å². The maximum Gasteiger partial charge on any atom is 0.0573 e.